The zero-order valence-corrected chi connectivity index (χ0v) is 18.6. The molecule has 31 heavy (non-hydrogen) atoms. The summed E-state index contributed by atoms with van der Waals surface area (Å²) in [7, 11) is 1.42. The summed E-state index contributed by atoms with van der Waals surface area (Å²) >= 11 is 0. The van der Waals surface area contributed by atoms with E-state index in [1.165, 1.54) is 24.9 Å². The van der Waals surface area contributed by atoms with E-state index in [-0.39, 0.29) is 35.5 Å². The number of aryl methyl sites for hydroxylation is 1. The van der Waals surface area contributed by atoms with Gasteiger partial charge in [-0.3, -0.25) is 20.0 Å². The molecular weight excluding hydrogens is 394 g/mol. The van der Waals surface area contributed by atoms with Crippen LogP contribution in [0.3, 0.4) is 0 Å². The second-order valence-corrected chi connectivity index (χ2v) is 8.13. The van der Waals surface area contributed by atoms with Gasteiger partial charge in [0.1, 0.15) is 12.4 Å². The molecule has 3 rings (SSSR count). The highest BCUT2D eigenvalue weighted by molar-refractivity contribution is 5.88. The van der Waals surface area contributed by atoms with Gasteiger partial charge >= 0.3 is 0 Å². The van der Waals surface area contributed by atoms with Crippen LogP contribution in [0.2, 0.25) is 0 Å². The number of ether oxygens (including phenoxy) is 1. The third-order valence-corrected chi connectivity index (χ3v) is 5.13. The Kier molecular flexibility index (Phi) is 6.89. The standard InChI is InChI=1S/C23H29N5O3/c1-14(2)10-17-6-8-18(9-7-17)16(4)22-25-23(27-26-22)24-21(30)13-28-12-20(31-5)19(29)11-15(28)3/h6-9,11-12,14,16H,10,13H2,1-5H3,(H2,24,25,26,27,30)/t16-/m1/s1. The molecule has 1 amide bonds. The Hall–Kier alpha value is -3.42. The Labute approximate surface area is 181 Å². The molecule has 8 heteroatoms. The van der Waals surface area contributed by atoms with Crippen LogP contribution in [0, 0.1) is 12.8 Å². The number of amides is 1. The minimum absolute atomic E-state index is 0.0109. The van der Waals surface area contributed by atoms with Crippen molar-refractivity contribution in [3.05, 3.63) is 69.4 Å². The maximum Gasteiger partial charge on any atom is 0.248 e. The maximum absolute atomic E-state index is 12.4. The fourth-order valence-corrected chi connectivity index (χ4v) is 3.39. The molecule has 0 saturated carbocycles. The highest BCUT2D eigenvalue weighted by Crippen LogP contribution is 2.23. The first kappa shape index (κ1) is 22.3. The Morgan fingerprint density at radius 3 is 2.58 bits per heavy atom. The van der Waals surface area contributed by atoms with E-state index in [0.29, 0.717) is 17.4 Å². The molecule has 0 bridgehead atoms. The summed E-state index contributed by atoms with van der Waals surface area (Å²) in [5.41, 5.74) is 2.87. The average molecular weight is 424 g/mol. The largest absolute Gasteiger partial charge is 0.491 e. The number of carbonyl (C=O) groups is 1. The van der Waals surface area contributed by atoms with Gasteiger partial charge in [0.15, 0.2) is 5.75 Å². The number of aromatic nitrogens is 4. The fraction of sp³-hybridized carbons (Fsp3) is 0.391. The molecular formula is C23H29N5O3. The zero-order valence-electron chi connectivity index (χ0n) is 18.6. The number of rotatable bonds is 8. The lowest BCUT2D eigenvalue weighted by molar-refractivity contribution is -0.116. The lowest BCUT2D eigenvalue weighted by Crippen LogP contribution is -2.22. The van der Waals surface area contributed by atoms with Crippen molar-refractivity contribution in [2.24, 2.45) is 5.92 Å². The smallest absolute Gasteiger partial charge is 0.248 e. The summed E-state index contributed by atoms with van der Waals surface area (Å²) in [6.45, 7) is 8.22. The topological polar surface area (TPSA) is 102 Å². The van der Waals surface area contributed by atoms with Gasteiger partial charge in [-0.1, -0.05) is 45.0 Å². The van der Waals surface area contributed by atoms with Crippen LogP contribution >= 0.6 is 0 Å². The van der Waals surface area contributed by atoms with Crippen molar-refractivity contribution in [1.82, 2.24) is 19.7 Å². The van der Waals surface area contributed by atoms with E-state index >= 15 is 0 Å². The van der Waals surface area contributed by atoms with Crippen LogP contribution in [-0.2, 0) is 17.8 Å². The number of carbonyl (C=O) groups excluding carboxylic acids is 1. The lowest BCUT2D eigenvalue weighted by atomic mass is 9.96. The third kappa shape index (κ3) is 5.59. The Morgan fingerprint density at radius 2 is 1.94 bits per heavy atom. The number of benzene rings is 1. The highest BCUT2D eigenvalue weighted by Gasteiger charge is 2.16. The van der Waals surface area contributed by atoms with Crippen LogP contribution < -0.4 is 15.5 Å². The average Bonchev–Trinajstić information content (AvgIpc) is 3.18. The Balaban J connectivity index is 1.65. The molecule has 164 valence electrons. The number of H-pyrrole nitrogens is 1. The Bertz CT molecular complexity index is 1100. The van der Waals surface area contributed by atoms with E-state index < -0.39 is 0 Å². The lowest BCUT2D eigenvalue weighted by Gasteiger charge is -2.11. The van der Waals surface area contributed by atoms with Gasteiger partial charge in [-0.25, -0.2) is 0 Å². The van der Waals surface area contributed by atoms with Gasteiger partial charge in [0.2, 0.25) is 17.3 Å². The van der Waals surface area contributed by atoms with Gasteiger partial charge in [0.25, 0.3) is 0 Å². The number of nitrogens with zero attached hydrogens (tertiary/aromatic N) is 3. The molecule has 0 aliphatic carbocycles. The number of hydrogen-bond acceptors (Lipinski definition) is 5. The molecule has 3 aromatic rings. The van der Waals surface area contributed by atoms with Crippen LogP contribution in [0.25, 0.3) is 0 Å². The second-order valence-electron chi connectivity index (χ2n) is 8.13. The van der Waals surface area contributed by atoms with Gasteiger partial charge in [0, 0.05) is 17.7 Å². The number of anilines is 1. The summed E-state index contributed by atoms with van der Waals surface area (Å²) in [5, 5.41) is 9.73. The summed E-state index contributed by atoms with van der Waals surface area (Å²) in [5.74, 6) is 1.40. The minimum atomic E-state index is -0.301. The molecule has 0 aliphatic heterocycles. The van der Waals surface area contributed by atoms with E-state index in [1.807, 2.05) is 6.92 Å². The van der Waals surface area contributed by atoms with Crippen molar-refractivity contribution in [3.8, 4) is 5.75 Å². The molecule has 8 nitrogen and oxygen atoms in total. The van der Waals surface area contributed by atoms with Crippen LogP contribution in [0.15, 0.2) is 41.3 Å². The molecule has 2 N–H and O–H groups in total. The molecule has 0 radical (unpaired) electrons. The van der Waals surface area contributed by atoms with Crippen molar-refractivity contribution in [2.45, 2.75) is 46.6 Å². The molecule has 2 aromatic heterocycles. The maximum atomic E-state index is 12.4. The third-order valence-electron chi connectivity index (χ3n) is 5.13. The predicted octanol–water partition coefficient (Wildman–Crippen LogP) is 3.27. The van der Waals surface area contributed by atoms with Crippen LogP contribution in [0.4, 0.5) is 5.95 Å². The number of methoxy groups -OCH3 is 1. The van der Waals surface area contributed by atoms with E-state index in [2.05, 4.69) is 58.6 Å². The number of aromatic amines is 1. The summed E-state index contributed by atoms with van der Waals surface area (Å²) in [6, 6.07) is 9.94. The van der Waals surface area contributed by atoms with Crippen molar-refractivity contribution >= 4 is 11.9 Å². The molecule has 2 heterocycles. The van der Waals surface area contributed by atoms with E-state index in [4.69, 9.17) is 4.74 Å². The van der Waals surface area contributed by atoms with Crippen LogP contribution in [0.1, 0.15) is 49.3 Å². The summed E-state index contributed by atoms with van der Waals surface area (Å²) < 4.78 is 6.69. The summed E-state index contributed by atoms with van der Waals surface area (Å²) in [4.78, 5) is 28.7. The monoisotopic (exact) mass is 423 g/mol. The first-order chi connectivity index (χ1) is 14.8. The molecule has 0 aliphatic rings. The summed E-state index contributed by atoms with van der Waals surface area (Å²) in [6.07, 6.45) is 2.57. The molecule has 1 atom stereocenters. The molecule has 0 unspecified atom stereocenters. The van der Waals surface area contributed by atoms with Gasteiger partial charge in [-0.05, 0) is 30.4 Å². The number of nitrogens with one attached hydrogen (secondary N) is 2. The molecule has 0 saturated heterocycles. The van der Waals surface area contributed by atoms with Crippen molar-refractivity contribution in [2.75, 3.05) is 12.4 Å². The molecule has 0 spiro atoms. The van der Waals surface area contributed by atoms with E-state index in [9.17, 15) is 9.59 Å². The SMILES string of the molecule is COc1cn(CC(=O)Nc2n[nH]c([C@H](C)c3ccc(CC(C)C)cc3)n2)c(C)cc1=O. The number of hydrogen-bond donors (Lipinski definition) is 2. The minimum Gasteiger partial charge on any atom is -0.491 e. The molecule has 0 fully saturated rings. The van der Waals surface area contributed by atoms with Crippen molar-refractivity contribution in [1.29, 1.82) is 0 Å². The quantitative estimate of drug-likeness (QED) is 0.579. The predicted molar refractivity (Wildman–Crippen MR) is 120 cm³/mol. The van der Waals surface area contributed by atoms with Gasteiger partial charge in [0.05, 0.1) is 13.3 Å². The second kappa shape index (κ2) is 9.59. The normalized spacial score (nSPS) is 12.1. The highest BCUT2D eigenvalue weighted by atomic mass is 16.5. The van der Waals surface area contributed by atoms with Crippen LogP contribution in [-0.4, -0.2) is 32.8 Å². The van der Waals surface area contributed by atoms with Crippen molar-refractivity contribution in [3.63, 3.8) is 0 Å². The van der Waals surface area contributed by atoms with Crippen LogP contribution in [0.5, 0.6) is 5.75 Å². The van der Waals surface area contributed by atoms with Crippen molar-refractivity contribution < 1.29 is 9.53 Å². The zero-order chi connectivity index (χ0) is 22.5. The van der Waals surface area contributed by atoms with Gasteiger partial charge in [-0.2, -0.15) is 4.98 Å². The Morgan fingerprint density at radius 1 is 1.23 bits per heavy atom. The van der Waals surface area contributed by atoms with E-state index in [1.54, 1.807) is 11.5 Å². The first-order valence-corrected chi connectivity index (χ1v) is 10.3. The fourth-order valence-electron chi connectivity index (χ4n) is 3.39. The van der Waals surface area contributed by atoms with Gasteiger partial charge < -0.3 is 9.30 Å². The molecule has 1 aromatic carbocycles. The van der Waals surface area contributed by atoms with Gasteiger partial charge in [-0.15, -0.1) is 5.10 Å². The van der Waals surface area contributed by atoms with E-state index in [0.717, 1.165) is 12.0 Å². The number of pyridine rings is 1. The first-order valence-electron chi connectivity index (χ1n) is 10.3.